The van der Waals surface area contributed by atoms with Gasteiger partial charge in [0, 0.05) is 6.42 Å². The molecule has 0 atom stereocenters. The van der Waals surface area contributed by atoms with Crippen LogP contribution in [0.2, 0.25) is 0 Å². The average Bonchev–Trinajstić information content (AvgIpc) is 2.57. The summed E-state index contributed by atoms with van der Waals surface area (Å²) in [4.78, 5) is 0. The highest BCUT2D eigenvalue weighted by molar-refractivity contribution is 4.83. The molecule has 0 amide bonds. The number of hydrogen-bond donors (Lipinski definition) is 0. The van der Waals surface area contributed by atoms with Crippen LogP contribution in [0.25, 0.3) is 0 Å². The number of unbranched alkanes of at least 4 members (excludes halogenated alkanes) is 3. The number of hydrogen-bond acceptors (Lipinski definition) is 0. The van der Waals surface area contributed by atoms with E-state index in [9.17, 15) is 0 Å². The first-order chi connectivity index (χ1) is 7.29. The molecule has 1 aromatic heterocycles. The maximum absolute atomic E-state index is 2.42. The van der Waals surface area contributed by atoms with Crippen LogP contribution in [0.3, 0.4) is 0 Å². The van der Waals surface area contributed by atoms with Crippen molar-refractivity contribution in [2.45, 2.75) is 58.9 Å². The Morgan fingerprint density at radius 3 is 2.60 bits per heavy atom. The van der Waals surface area contributed by atoms with Crippen LogP contribution in [0, 0.1) is 0 Å². The van der Waals surface area contributed by atoms with Gasteiger partial charge in [-0.05, 0) is 19.3 Å². The molecule has 0 radical (unpaired) electrons. The summed E-state index contributed by atoms with van der Waals surface area (Å²) in [5.74, 6) is 1.47. The molecule has 15 heavy (non-hydrogen) atoms. The van der Waals surface area contributed by atoms with Crippen LogP contribution in [-0.2, 0) is 20.0 Å². The van der Waals surface area contributed by atoms with Gasteiger partial charge in [-0.15, -0.1) is 0 Å². The van der Waals surface area contributed by atoms with Gasteiger partial charge in [-0.2, -0.15) is 0 Å². The van der Waals surface area contributed by atoms with Gasteiger partial charge < -0.3 is 0 Å². The zero-order valence-electron chi connectivity index (χ0n) is 10.5. The van der Waals surface area contributed by atoms with Crippen LogP contribution in [0.15, 0.2) is 12.4 Å². The van der Waals surface area contributed by atoms with E-state index in [1.807, 2.05) is 0 Å². The summed E-state index contributed by atoms with van der Waals surface area (Å²) in [5, 5.41) is 0. The first-order valence-electron chi connectivity index (χ1n) is 6.33. The van der Waals surface area contributed by atoms with E-state index in [-0.39, 0.29) is 0 Å². The lowest BCUT2D eigenvalue weighted by Crippen LogP contribution is -2.32. The molecule has 1 heterocycles. The molecule has 0 aliphatic heterocycles. The quantitative estimate of drug-likeness (QED) is 0.482. The molecule has 0 bridgehead atoms. The summed E-state index contributed by atoms with van der Waals surface area (Å²) < 4.78 is 4.67. The highest BCUT2D eigenvalue weighted by atomic mass is 15.1. The number of aromatic nitrogens is 2. The van der Waals surface area contributed by atoms with Crippen molar-refractivity contribution >= 4 is 0 Å². The Kier molecular flexibility index (Phi) is 5.44. The molecule has 0 aliphatic rings. The van der Waals surface area contributed by atoms with E-state index in [0.717, 1.165) is 0 Å². The van der Waals surface area contributed by atoms with Crippen LogP contribution in [-0.4, -0.2) is 4.57 Å². The van der Waals surface area contributed by atoms with Gasteiger partial charge in [-0.25, -0.2) is 9.13 Å². The van der Waals surface area contributed by atoms with Gasteiger partial charge in [-0.1, -0.05) is 26.7 Å². The maximum atomic E-state index is 2.42. The van der Waals surface area contributed by atoms with Gasteiger partial charge >= 0.3 is 0 Å². The predicted octanol–water partition coefficient (Wildman–Crippen LogP) is 2.85. The monoisotopic (exact) mass is 209 g/mol. The molecule has 0 saturated heterocycles. The summed E-state index contributed by atoms with van der Waals surface area (Å²) in [5.41, 5.74) is 0. The van der Waals surface area contributed by atoms with Gasteiger partial charge in [-0.3, -0.25) is 0 Å². The summed E-state index contributed by atoms with van der Waals surface area (Å²) in [7, 11) is 2.15. The van der Waals surface area contributed by atoms with E-state index in [0.29, 0.717) is 0 Å². The number of aryl methyl sites for hydroxylation is 2. The van der Waals surface area contributed by atoms with Gasteiger partial charge in [0.05, 0.1) is 13.6 Å². The van der Waals surface area contributed by atoms with E-state index in [1.54, 1.807) is 0 Å². The lowest BCUT2D eigenvalue weighted by Gasteiger charge is -2.01. The molecule has 86 valence electrons. The Balaban J connectivity index is 2.45. The number of nitrogens with zero attached hydrogens (tertiary/aromatic N) is 2. The average molecular weight is 209 g/mol. The molecule has 0 unspecified atom stereocenters. The maximum Gasteiger partial charge on any atom is 0.256 e. The molecule has 2 nitrogen and oxygen atoms in total. The second-order valence-corrected chi connectivity index (χ2v) is 4.33. The van der Waals surface area contributed by atoms with Crippen LogP contribution in [0.1, 0.15) is 51.8 Å². The standard InChI is InChI=1S/C13H25N2/c1-4-6-7-8-10-15-12-11-14(3)13(15)9-5-2/h11-12H,4-10H2,1-3H3/q+1. The van der Waals surface area contributed by atoms with E-state index < -0.39 is 0 Å². The van der Waals surface area contributed by atoms with Gasteiger partial charge in [0.2, 0.25) is 0 Å². The fourth-order valence-electron chi connectivity index (χ4n) is 2.01. The minimum Gasteiger partial charge on any atom is -0.237 e. The van der Waals surface area contributed by atoms with Gasteiger partial charge in [0.1, 0.15) is 12.4 Å². The van der Waals surface area contributed by atoms with Crippen molar-refractivity contribution in [3.05, 3.63) is 18.2 Å². The number of rotatable bonds is 7. The third-order valence-corrected chi connectivity index (χ3v) is 2.94. The van der Waals surface area contributed by atoms with Crippen molar-refractivity contribution in [3.8, 4) is 0 Å². The Morgan fingerprint density at radius 2 is 1.93 bits per heavy atom. The minimum atomic E-state index is 1.19. The molecule has 0 aliphatic carbocycles. The fourth-order valence-corrected chi connectivity index (χ4v) is 2.01. The molecular weight excluding hydrogens is 184 g/mol. The van der Waals surface area contributed by atoms with Crippen LogP contribution < -0.4 is 4.57 Å². The van der Waals surface area contributed by atoms with Crippen molar-refractivity contribution in [2.24, 2.45) is 7.05 Å². The molecular formula is C13H25N2+. The van der Waals surface area contributed by atoms with Crippen LogP contribution >= 0.6 is 0 Å². The zero-order chi connectivity index (χ0) is 11.1. The third kappa shape index (κ3) is 3.69. The first kappa shape index (κ1) is 12.3. The second-order valence-electron chi connectivity index (χ2n) is 4.33. The Labute approximate surface area is 93.9 Å². The fraction of sp³-hybridized carbons (Fsp3) is 0.769. The molecule has 1 aromatic rings. The topological polar surface area (TPSA) is 8.81 Å². The minimum absolute atomic E-state index is 1.19. The summed E-state index contributed by atoms with van der Waals surface area (Å²) in [6, 6.07) is 0. The highest BCUT2D eigenvalue weighted by Crippen LogP contribution is 2.05. The lowest BCUT2D eigenvalue weighted by atomic mass is 10.2. The highest BCUT2D eigenvalue weighted by Gasteiger charge is 2.12. The van der Waals surface area contributed by atoms with Crippen molar-refractivity contribution in [2.75, 3.05) is 0 Å². The first-order valence-corrected chi connectivity index (χ1v) is 6.33. The van der Waals surface area contributed by atoms with Crippen LogP contribution in [0.5, 0.6) is 0 Å². The van der Waals surface area contributed by atoms with E-state index in [4.69, 9.17) is 0 Å². The molecule has 2 heteroatoms. The van der Waals surface area contributed by atoms with Crippen molar-refractivity contribution in [1.29, 1.82) is 0 Å². The van der Waals surface area contributed by atoms with Crippen molar-refractivity contribution in [3.63, 3.8) is 0 Å². The summed E-state index contributed by atoms with van der Waals surface area (Å²) >= 11 is 0. The van der Waals surface area contributed by atoms with Gasteiger partial charge in [0.15, 0.2) is 0 Å². The van der Waals surface area contributed by atoms with Crippen LogP contribution in [0.4, 0.5) is 0 Å². The Bertz CT molecular complexity index is 276. The second kappa shape index (κ2) is 6.65. The molecule has 0 spiro atoms. The zero-order valence-corrected chi connectivity index (χ0v) is 10.5. The SMILES string of the molecule is CCCCCCn1cc[n+](C)c1CCC. The third-order valence-electron chi connectivity index (χ3n) is 2.94. The molecule has 1 rings (SSSR count). The largest absolute Gasteiger partial charge is 0.256 e. The normalized spacial score (nSPS) is 10.9. The molecule has 0 saturated carbocycles. The van der Waals surface area contributed by atoms with E-state index >= 15 is 0 Å². The molecule has 0 fully saturated rings. The smallest absolute Gasteiger partial charge is 0.237 e. The molecule has 0 N–H and O–H groups in total. The van der Waals surface area contributed by atoms with E-state index in [2.05, 4.69) is 42.4 Å². The van der Waals surface area contributed by atoms with Crippen molar-refractivity contribution in [1.82, 2.24) is 4.57 Å². The van der Waals surface area contributed by atoms with Gasteiger partial charge in [0.25, 0.3) is 5.82 Å². The number of imidazole rings is 1. The lowest BCUT2D eigenvalue weighted by molar-refractivity contribution is -0.678. The Hall–Kier alpha value is -0.790. The van der Waals surface area contributed by atoms with Crippen molar-refractivity contribution < 1.29 is 4.57 Å². The van der Waals surface area contributed by atoms with E-state index in [1.165, 1.54) is 50.9 Å². The summed E-state index contributed by atoms with van der Waals surface area (Å²) in [6.45, 7) is 5.70. The summed E-state index contributed by atoms with van der Waals surface area (Å²) in [6.07, 6.45) is 12.2. The Morgan fingerprint density at radius 1 is 1.13 bits per heavy atom. The predicted molar refractivity (Wildman–Crippen MR) is 63.7 cm³/mol. The molecule has 0 aromatic carbocycles.